The summed E-state index contributed by atoms with van der Waals surface area (Å²) in [6, 6.07) is 17.9. The number of benzene rings is 2. The molecule has 2 aromatic heterocycles. The zero-order valence-corrected chi connectivity index (χ0v) is 20.1. The number of nitrogens with zero attached hydrogens (tertiary/aromatic N) is 3. The van der Waals surface area contributed by atoms with Crippen molar-refractivity contribution in [3.63, 3.8) is 0 Å². The highest BCUT2D eigenvalue weighted by Crippen LogP contribution is 2.30. The summed E-state index contributed by atoms with van der Waals surface area (Å²) in [4.78, 5) is 8.10. The van der Waals surface area contributed by atoms with E-state index in [-0.39, 0.29) is 6.10 Å². The fraction of sp³-hybridized carbons (Fsp3) is 0.296. The van der Waals surface area contributed by atoms with Gasteiger partial charge in [-0.3, -0.25) is 4.90 Å². The summed E-state index contributed by atoms with van der Waals surface area (Å²) < 4.78 is 46.5. The van der Waals surface area contributed by atoms with Crippen LogP contribution in [0.4, 0.5) is 13.2 Å². The molecule has 0 spiro atoms. The number of fused-ring (bicyclic) bond motifs is 1. The van der Waals surface area contributed by atoms with Crippen LogP contribution in [0.25, 0.3) is 16.7 Å². The second-order valence-electron chi connectivity index (χ2n) is 8.75. The van der Waals surface area contributed by atoms with Crippen LogP contribution in [-0.2, 0) is 12.7 Å². The number of halogens is 3. The van der Waals surface area contributed by atoms with Gasteiger partial charge in [-0.25, -0.2) is 4.98 Å². The summed E-state index contributed by atoms with van der Waals surface area (Å²) >= 11 is 1.73. The van der Waals surface area contributed by atoms with E-state index in [4.69, 9.17) is 4.74 Å². The van der Waals surface area contributed by atoms with Crippen LogP contribution in [0.3, 0.4) is 0 Å². The minimum absolute atomic E-state index is 0.101. The molecule has 182 valence electrons. The van der Waals surface area contributed by atoms with Crippen LogP contribution in [0.1, 0.15) is 24.0 Å². The quantitative estimate of drug-likeness (QED) is 0.274. The number of pyridine rings is 1. The molecule has 2 aromatic carbocycles. The second-order valence-corrected chi connectivity index (χ2v) is 9.63. The van der Waals surface area contributed by atoms with Gasteiger partial charge in [0.1, 0.15) is 17.7 Å². The summed E-state index contributed by atoms with van der Waals surface area (Å²) in [6.45, 7) is 2.32. The lowest BCUT2D eigenvalue weighted by molar-refractivity contribution is -0.137. The number of hydrogen-bond acceptors (Lipinski definition) is 4. The van der Waals surface area contributed by atoms with Gasteiger partial charge in [-0.2, -0.15) is 13.2 Å². The van der Waals surface area contributed by atoms with Gasteiger partial charge in [0.25, 0.3) is 0 Å². The van der Waals surface area contributed by atoms with E-state index in [2.05, 4.69) is 45.0 Å². The fourth-order valence-electron chi connectivity index (χ4n) is 4.47. The number of piperidine rings is 1. The standard InChI is InChI=1S/C27H26F3N3OS/c1-35-24-7-8-25-20(16-24)10-15-33(25)26-9-6-23(17-31-26)34-22-11-13-32(14-12-22)18-19-2-4-21(5-3-19)27(28,29)30/h2-10,15-17,22H,11-14,18H2,1H3. The maximum Gasteiger partial charge on any atom is 0.416 e. The Morgan fingerprint density at radius 1 is 1.00 bits per heavy atom. The molecule has 0 atom stereocenters. The van der Waals surface area contributed by atoms with E-state index in [1.54, 1.807) is 30.1 Å². The highest BCUT2D eigenvalue weighted by atomic mass is 32.2. The van der Waals surface area contributed by atoms with Crippen molar-refractivity contribution < 1.29 is 17.9 Å². The van der Waals surface area contributed by atoms with E-state index in [9.17, 15) is 13.2 Å². The lowest BCUT2D eigenvalue weighted by Crippen LogP contribution is -2.37. The average molecular weight is 498 g/mol. The third kappa shape index (κ3) is 5.49. The number of likely N-dealkylation sites (tertiary alicyclic amines) is 1. The van der Waals surface area contributed by atoms with Crippen molar-refractivity contribution in [1.29, 1.82) is 0 Å². The van der Waals surface area contributed by atoms with Crippen LogP contribution in [0, 0.1) is 0 Å². The van der Waals surface area contributed by atoms with Gasteiger partial charge >= 0.3 is 6.18 Å². The van der Waals surface area contributed by atoms with Crippen LogP contribution in [0.5, 0.6) is 5.75 Å². The molecular formula is C27H26F3N3OS. The number of ether oxygens (including phenoxy) is 1. The summed E-state index contributed by atoms with van der Waals surface area (Å²) in [6.07, 6.45) is 3.40. The number of rotatable bonds is 6. The summed E-state index contributed by atoms with van der Waals surface area (Å²) in [7, 11) is 0. The predicted molar refractivity (Wildman–Crippen MR) is 133 cm³/mol. The molecule has 3 heterocycles. The first-order valence-electron chi connectivity index (χ1n) is 11.6. The fourth-order valence-corrected chi connectivity index (χ4v) is 4.92. The van der Waals surface area contributed by atoms with Crippen molar-refractivity contribution in [3.8, 4) is 11.6 Å². The molecule has 1 aliphatic heterocycles. The molecule has 0 amide bonds. The Bertz CT molecular complexity index is 1280. The number of thioether (sulfide) groups is 1. The predicted octanol–water partition coefficient (Wildman–Crippen LogP) is 6.81. The van der Waals surface area contributed by atoms with E-state index in [1.165, 1.54) is 10.3 Å². The molecule has 1 aliphatic rings. The number of alkyl halides is 3. The van der Waals surface area contributed by atoms with Crippen molar-refractivity contribution in [2.75, 3.05) is 19.3 Å². The zero-order chi connectivity index (χ0) is 24.4. The Morgan fingerprint density at radius 2 is 1.77 bits per heavy atom. The first kappa shape index (κ1) is 23.8. The van der Waals surface area contributed by atoms with Crippen LogP contribution in [-0.4, -0.2) is 39.9 Å². The molecule has 0 unspecified atom stereocenters. The highest BCUT2D eigenvalue weighted by Gasteiger charge is 2.30. The number of hydrogen-bond donors (Lipinski definition) is 0. The molecule has 5 rings (SSSR count). The van der Waals surface area contributed by atoms with E-state index in [0.29, 0.717) is 6.54 Å². The van der Waals surface area contributed by atoms with E-state index < -0.39 is 11.7 Å². The van der Waals surface area contributed by atoms with Crippen molar-refractivity contribution >= 4 is 22.7 Å². The van der Waals surface area contributed by atoms with Gasteiger partial charge in [-0.05, 0) is 73.2 Å². The highest BCUT2D eigenvalue weighted by molar-refractivity contribution is 7.98. The Kier molecular flexibility index (Phi) is 6.75. The van der Waals surface area contributed by atoms with E-state index >= 15 is 0 Å². The van der Waals surface area contributed by atoms with Gasteiger partial charge in [0.2, 0.25) is 0 Å². The van der Waals surface area contributed by atoms with Gasteiger partial charge < -0.3 is 9.30 Å². The van der Waals surface area contributed by atoms with E-state index in [0.717, 1.165) is 60.7 Å². The van der Waals surface area contributed by atoms with E-state index in [1.807, 2.05) is 18.3 Å². The van der Waals surface area contributed by atoms with Crippen LogP contribution in [0.2, 0.25) is 0 Å². The second kappa shape index (κ2) is 9.95. The van der Waals surface area contributed by atoms with Crippen molar-refractivity contribution in [2.24, 2.45) is 0 Å². The Morgan fingerprint density at radius 3 is 2.43 bits per heavy atom. The van der Waals surface area contributed by atoms with Gasteiger partial charge in [0.15, 0.2) is 0 Å². The molecule has 0 aliphatic carbocycles. The topological polar surface area (TPSA) is 30.3 Å². The largest absolute Gasteiger partial charge is 0.489 e. The third-order valence-corrected chi connectivity index (χ3v) is 7.12. The molecule has 1 saturated heterocycles. The smallest absolute Gasteiger partial charge is 0.416 e. The molecule has 0 N–H and O–H groups in total. The van der Waals surface area contributed by atoms with Crippen LogP contribution < -0.4 is 4.74 Å². The van der Waals surface area contributed by atoms with Crippen molar-refractivity contribution in [3.05, 3.63) is 84.2 Å². The minimum Gasteiger partial charge on any atom is -0.489 e. The Labute approximate surface area is 206 Å². The summed E-state index contributed by atoms with van der Waals surface area (Å²) in [5, 5.41) is 1.18. The summed E-state index contributed by atoms with van der Waals surface area (Å²) in [5.41, 5.74) is 1.39. The molecule has 1 fully saturated rings. The lowest BCUT2D eigenvalue weighted by Gasteiger charge is -2.32. The van der Waals surface area contributed by atoms with Crippen LogP contribution in [0.15, 0.2) is 78.0 Å². The molecular weight excluding hydrogens is 471 g/mol. The van der Waals surface area contributed by atoms with Gasteiger partial charge in [0, 0.05) is 36.1 Å². The van der Waals surface area contributed by atoms with Crippen LogP contribution >= 0.6 is 11.8 Å². The van der Waals surface area contributed by atoms with Gasteiger partial charge in [-0.15, -0.1) is 11.8 Å². The molecule has 8 heteroatoms. The van der Waals surface area contributed by atoms with Gasteiger partial charge in [-0.1, -0.05) is 12.1 Å². The SMILES string of the molecule is CSc1ccc2c(ccn2-c2ccc(OC3CCN(Cc4ccc(C(F)(F)F)cc4)CC3)cn2)c1. The van der Waals surface area contributed by atoms with Crippen molar-refractivity contribution in [2.45, 2.75) is 36.6 Å². The van der Waals surface area contributed by atoms with Crippen molar-refractivity contribution in [1.82, 2.24) is 14.5 Å². The summed E-state index contributed by atoms with van der Waals surface area (Å²) in [5.74, 6) is 1.59. The maximum atomic E-state index is 12.8. The average Bonchev–Trinajstić information content (AvgIpc) is 3.29. The third-order valence-electron chi connectivity index (χ3n) is 6.39. The first-order valence-corrected chi connectivity index (χ1v) is 12.8. The molecule has 35 heavy (non-hydrogen) atoms. The lowest BCUT2D eigenvalue weighted by atomic mass is 10.1. The monoisotopic (exact) mass is 497 g/mol. The van der Waals surface area contributed by atoms with Gasteiger partial charge in [0.05, 0.1) is 17.3 Å². The normalized spacial score (nSPS) is 15.5. The number of aromatic nitrogens is 2. The molecule has 0 radical (unpaired) electrons. The minimum atomic E-state index is -4.30. The maximum absolute atomic E-state index is 12.8. The zero-order valence-electron chi connectivity index (χ0n) is 19.3. The molecule has 0 saturated carbocycles. The molecule has 4 nitrogen and oxygen atoms in total. The Hall–Kier alpha value is -2.97. The molecule has 4 aromatic rings. The molecule has 0 bridgehead atoms. The first-order chi connectivity index (χ1) is 16.9. The Balaban J connectivity index is 1.15.